The number of halogens is 1. The fourth-order valence-corrected chi connectivity index (χ4v) is 3.72. The molecule has 0 bridgehead atoms. The predicted molar refractivity (Wildman–Crippen MR) is 113 cm³/mol. The Morgan fingerprint density at radius 2 is 1.90 bits per heavy atom. The lowest BCUT2D eigenvalue weighted by molar-refractivity contribution is -0.110. The van der Waals surface area contributed by atoms with Crippen molar-refractivity contribution >= 4 is 22.9 Å². The molecule has 2 aromatic carbocycles. The summed E-state index contributed by atoms with van der Waals surface area (Å²) in [6, 6.07) is 12.5. The number of anilines is 2. The first-order valence-corrected chi connectivity index (χ1v) is 10.2. The summed E-state index contributed by atoms with van der Waals surface area (Å²) in [4.78, 5) is 14.6. The highest BCUT2D eigenvalue weighted by Gasteiger charge is 2.24. The van der Waals surface area contributed by atoms with Crippen molar-refractivity contribution in [2.24, 2.45) is 0 Å². The van der Waals surface area contributed by atoms with Gasteiger partial charge in [-0.25, -0.2) is 4.39 Å². The number of hydrogen-bond acceptors (Lipinski definition) is 4. The summed E-state index contributed by atoms with van der Waals surface area (Å²) in [7, 11) is 0. The van der Waals surface area contributed by atoms with E-state index in [-0.39, 0.29) is 11.7 Å². The van der Waals surface area contributed by atoms with Crippen LogP contribution in [-0.4, -0.2) is 43.7 Å². The molecular weight excluding hydrogens is 369 g/mol. The molecule has 152 valence electrons. The van der Waals surface area contributed by atoms with Gasteiger partial charge in [-0.05, 0) is 61.7 Å². The molecule has 0 radical (unpaired) electrons. The van der Waals surface area contributed by atoms with Gasteiger partial charge in [-0.15, -0.1) is 0 Å². The summed E-state index contributed by atoms with van der Waals surface area (Å²) in [5, 5.41) is 5.90. The lowest BCUT2D eigenvalue weighted by atomic mass is 10.1. The van der Waals surface area contributed by atoms with Gasteiger partial charge in [0.1, 0.15) is 5.82 Å². The van der Waals surface area contributed by atoms with E-state index >= 15 is 0 Å². The zero-order chi connectivity index (χ0) is 20.1. The Morgan fingerprint density at radius 1 is 1.10 bits per heavy atom. The van der Waals surface area contributed by atoms with Crippen LogP contribution in [0.15, 0.2) is 48.7 Å². The molecule has 2 heterocycles. The molecule has 0 atom stereocenters. The number of rotatable bonds is 7. The van der Waals surface area contributed by atoms with Gasteiger partial charge in [-0.3, -0.25) is 9.69 Å². The first kappa shape index (κ1) is 19.6. The zero-order valence-electron chi connectivity index (χ0n) is 16.4. The fourth-order valence-electron chi connectivity index (χ4n) is 3.72. The quantitative estimate of drug-likeness (QED) is 0.552. The third kappa shape index (κ3) is 5.02. The van der Waals surface area contributed by atoms with Crippen LogP contribution < -0.4 is 10.6 Å². The number of nitrogens with zero attached hydrogens (tertiary/aromatic N) is 1. The number of fused-ring (bicyclic) bond motifs is 1. The van der Waals surface area contributed by atoms with Crippen LogP contribution in [0, 0.1) is 5.82 Å². The summed E-state index contributed by atoms with van der Waals surface area (Å²) < 4.78 is 18.9. The molecule has 0 aliphatic carbocycles. The Labute approximate surface area is 170 Å². The summed E-state index contributed by atoms with van der Waals surface area (Å²) in [6.07, 6.45) is 5.05. The minimum atomic E-state index is -0.357. The van der Waals surface area contributed by atoms with E-state index in [2.05, 4.69) is 27.7 Å². The van der Waals surface area contributed by atoms with Crippen molar-refractivity contribution in [2.45, 2.75) is 19.3 Å². The molecule has 2 aromatic rings. The van der Waals surface area contributed by atoms with Gasteiger partial charge in [0, 0.05) is 36.2 Å². The Morgan fingerprint density at radius 3 is 2.69 bits per heavy atom. The van der Waals surface area contributed by atoms with Crippen molar-refractivity contribution in [1.29, 1.82) is 0 Å². The summed E-state index contributed by atoms with van der Waals surface area (Å²) in [6.45, 7) is 4.94. The number of nitrogens with one attached hydrogen (secondary N) is 2. The molecule has 0 spiro atoms. The molecule has 0 aromatic heterocycles. The Balaban J connectivity index is 1.28. The van der Waals surface area contributed by atoms with Crippen LogP contribution in [-0.2, 0) is 16.0 Å². The fraction of sp³-hybridized carbons (Fsp3) is 0.348. The maximum absolute atomic E-state index is 13.5. The van der Waals surface area contributed by atoms with Crippen LogP contribution in [0.25, 0.3) is 5.57 Å². The van der Waals surface area contributed by atoms with Gasteiger partial charge >= 0.3 is 0 Å². The molecule has 1 amide bonds. The van der Waals surface area contributed by atoms with Gasteiger partial charge in [0.05, 0.1) is 18.8 Å². The normalized spacial score (nSPS) is 18.0. The van der Waals surface area contributed by atoms with Gasteiger partial charge in [0.15, 0.2) is 0 Å². The number of benzene rings is 2. The highest BCUT2D eigenvalue weighted by Crippen LogP contribution is 2.32. The van der Waals surface area contributed by atoms with E-state index < -0.39 is 0 Å². The number of amides is 1. The standard InChI is InChI=1S/C23H26FN3O2/c24-18-6-9-22-20(15-18)21(23(28)26-22)16-25-19-7-4-17(5-8-19)3-1-2-10-27-11-13-29-14-12-27/h4-9,15-16,25H,1-3,10-14H2,(H,26,28)/b21-16+. The van der Waals surface area contributed by atoms with Gasteiger partial charge < -0.3 is 15.4 Å². The Bertz CT molecular complexity index is 889. The maximum Gasteiger partial charge on any atom is 0.257 e. The Hall–Kier alpha value is -2.70. The van der Waals surface area contributed by atoms with E-state index in [9.17, 15) is 9.18 Å². The number of carbonyl (C=O) groups is 1. The number of morpholine rings is 1. The minimum absolute atomic E-state index is 0.227. The second-order valence-corrected chi connectivity index (χ2v) is 7.45. The summed E-state index contributed by atoms with van der Waals surface area (Å²) >= 11 is 0. The number of aryl methyl sites for hydroxylation is 1. The number of carbonyl (C=O) groups excluding carboxylic acids is 1. The molecule has 1 fully saturated rings. The highest BCUT2D eigenvalue weighted by atomic mass is 19.1. The molecule has 0 unspecified atom stereocenters. The topological polar surface area (TPSA) is 53.6 Å². The molecule has 2 aliphatic rings. The second kappa shape index (κ2) is 9.20. The van der Waals surface area contributed by atoms with E-state index in [0.29, 0.717) is 16.8 Å². The van der Waals surface area contributed by atoms with Crippen LogP contribution in [0.4, 0.5) is 15.8 Å². The van der Waals surface area contributed by atoms with Crippen molar-refractivity contribution in [3.63, 3.8) is 0 Å². The molecule has 0 saturated carbocycles. The SMILES string of the molecule is O=C1Nc2ccc(F)cc2/C1=C\Nc1ccc(CCCCN2CCOCC2)cc1. The predicted octanol–water partition coefficient (Wildman–Crippen LogP) is 3.89. The molecule has 29 heavy (non-hydrogen) atoms. The summed E-state index contributed by atoms with van der Waals surface area (Å²) in [5.41, 5.74) is 3.85. The second-order valence-electron chi connectivity index (χ2n) is 7.45. The van der Waals surface area contributed by atoms with Gasteiger partial charge in [-0.2, -0.15) is 0 Å². The number of hydrogen-bond donors (Lipinski definition) is 2. The molecule has 2 aliphatic heterocycles. The van der Waals surface area contributed by atoms with Crippen molar-refractivity contribution in [3.8, 4) is 0 Å². The maximum atomic E-state index is 13.5. The molecule has 5 nitrogen and oxygen atoms in total. The third-order valence-electron chi connectivity index (χ3n) is 5.40. The first-order chi connectivity index (χ1) is 14.2. The van der Waals surface area contributed by atoms with E-state index in [1.165, 1.54) is 24.1 Å². The van der Waals surface area contributed by atoms with Crippen LogP contribution in [0.3, 0.4) is 0 Å². The van der Waals surface area contributed by atoms with E-state index in [1.807, 2.05) is 12.1 Å². The molecule has 6 heteroatoms. The monoisotopic (exact) mass is 395 g/mol. The summed E-state index contributed by atoms with van der Waals surface area (Å²) in [5.74, 6) is -0.584. The average Bonchev–Trinajstić information content (AvgIpc) is 3.05. The molecule has 4 rings (SSSR count). The smallest absolute Gasteiger partial charge is 0.257 e. The number of unbranched alkanes of at least 4 members (excludes halogenated alkanes) is 1. The minimum Gasteiger partial charge on any atom is -0.379 e. The Kier molecular flexibility index (Phi) is 6.22. The van der Waals surface area contributed by atoms with Crippen molar-refractivity contribution in [1.82, 2.24) is 4.90 Å². The van der Waals surface area contributed by atoms with Gasteiger partial charge in [0.2, 0.25) is 0 Å². The van der Waals surface area contributed by atoms with Crippen LogP contribution >= 0.6 is 0 Å². The van der Waals surface area contributed by atoms with Crippen molar-refractivity contribution in [2.75, 3.05) is 43.5 Å². The third-order valence-corrected chi connectivity index (χ3v) is 5.40. The zero-order valence-corrected chi connectivity index (χ0v) is 16.4. The largest absolute Gasteiger partial charge is 0.379 e. The lowest BCUT2D eigenvalue weighted by Crippen LogP contribution is -2.36. The van der Waals surface area contributed by atoms with E-state index in [1.54, 1.807) is 12.3 Å². The van der Waals surface area contributed by atoms with Gasteiger partial charge in [-0.1, -0.05) is 12.1 Å². The van der Waals surface area contributed by atoms with Crippen LogP contribution in [0.5, 0.6) is 0 Å². The van der Waals surface area contributed by atoms with E-state index in [4.69, 9.17) is 4.74 Å². The van der Waals surface area contributed by atoms with Crippen LogP contribution in [0.2, 0.25) is 0 Å². The number of ether oxygens (including phenoxy) is 1. The van der Waals surface area contributed by atoms with E-state index in [0.717, 1.165) is 51.4 Å². The highest BCUT2D eigenvalue weighted by molar-refractivity contribution is 6.31. The molecular formula is C23H26FN3O2. The first-order valence-electron chi connectivity index (χ1n) is 10.2. The van der Waals surface area contributed by atoms with Crippen LogP contribution in [0.1, 0.15) is 24.0 Å². The lowest BCUT2D eigenvalue weighted by Gasteiger charge is -2.26. The average molecular weight is 395 g/mol. The molecule has 1 saturated heterocycles. The van der Waals surface area contributed by atoms with Gasteiger partial charge in [0.25, 0.3) is 5.91 Å². The van der Waals surface area contributed by atoms with Crippen molar-refractivity contribution < 1.29 is 13.9 Å². The van der Waals surface area contributed by atoms with Crippen molar-refractivity contribution in [3.05, 3.63) is 65.6 Å². The molecule has 2 N–H and O–H groups in total.